The van der Waals surface area contributed by atoms with Crippen LogP contribution in [0.2, 0.25) is 0 Å². The third-order valence-corrected chi connectivity index (χ3v) is 4.42. The summed E-state index contributed by atoms with van der Waals surface area (Å²) in [4.78, 5) is 2.57. The summed E-state index contributed by atoms with van der Waals surface area (Å²) >= 11 is 0. The van der Waals surface area contributed by atoms with E-state index in [1.54, 1.807) is 0 Å². The predicted molar refractivity (Wildman–Crippen MR) is 70.7 cm³/mol. The van der Waals surface area contributed by atoms with Crippen molar-refractivity contribution in [3.05, 3.63) is 0 Å². The Hall–Kier alpha value is -0.160. The maximum Gasteiger partial charge on any atom is 0.0867 e. The highest BCUT2D eigenvalue weighted by Gasteiger charge is 2.47. The first-order valence-corrected chi connectivity index (χ1v) is 7.36. The predicted octanol–water partition coefficient (Wildman–Crippen LogP) is 0.864. The van der Waals surface area contributed by atoms with Crippen LogP contribution in [0.15, 0.2) is 0 Å². The van der Waals surface area contributed by atoms with Crippen LogP contribution in [-0.4, -0.2) is 62.5 Å². The van der Waals surface area contributed by atoms with Gasteiger partial charge in [0.05, 0.1) is 25.4 Å². The molecule has 0 aromatic carbocycles. The maximum atomic E-state index is 5.83. The van der Waals surface area contributed by atoms with E-state index in [1.807, 2.05) is 0 Å². The van der Waals surface area contributed by atoms with Crippen molar-refractivity contribution < 1.29 is 9.47 Å². The molecule has 104 valence electrons. The van der Waals surface area contributed by atoms with E-state index >= 15 is 0 Å². The van der Waals surface area contributed by atoms with Gasteiger partial charge in [-0.3, -0.25) is 4.90 Å². The van der Waals surface area contributed by atoms with E-state index in [2.05, 4.69) is 24.1 Å². The summed E-state index contributed by atoms with van der Waals surface area (Å²) in [5, 5.41) is 3.57. The summed E-state index contributed by atoms with van der Waals surface area (Å²) < 4.78 is 11.7. The third-order valence-electron chi connectivity index (χ3n) is 4.42. The van der Waals surface area contributed by atoms with Crippen LogP contribution in [0, 0.1) is 5.41 Å². The highest BCUT2D eigenvalue weighted by molar-refractivity contribution is 5.00. The Balaban J connectivity index is 1.48. The number of nitrogens with zero attached hydrogens (tertiary/aromatic N) is 1. The van der Waals surface area contributed by atoms with Crippen LogP contribution in [0.3, 0.4) is 0 Å². The molecular formula is C14H26N2O2. The monoisotopic (exact) mass is 254 g/mol. The average Bonchev–Trinajstić information content (AvgIpc) is 2.98. The molecular weight excluding hydrogens is 228 g/mol. The van der Waals surface area contributed by atoms with E-state index in [1.165, 1.54) is 19.4 Å². The van der Waals surface area contributed by atoms with Crippen LogP contribution in [0.4, 0.5) is 0 Å². The van der Waals surface area contributed by atoms with Gasteiger partial charge in [-0.1, -0.05) is 0 Å². The van der Waals surface area contributed by atoms with E-state index in [4.69, 9.17) is 9.47 Å². The summed E-state index contributed by atoms with van der Waals surface area (Å²) in [6, 6.07) is 0.556. The van der Waals surface area contributed by atoms with Crippen LogP contribution in [0.1, 0.15) is 26.7 Å². The van der Waals surface area contributed by atoms with Crippen molar-refractivity contribution in [2.24, 2.45) is 5.41 Å². The quantitative estimate of drug-likeness (QED) is 0.789. The van der Waals surface area contributed by atoms with Gasteiger partial charge < -0.3 is 14.8 Å². The van der Waals surface area contributed by atoms with Gasteiger partial charge >= 0.3 is 0 Å². The first kappa shape index (κ1) is 12.9. The minimum atomic E-state index is 0.355. The number of morpholine rings is 1. The molecule has 0 radical (unpaired) electrons. The number of hydrogen-bond acceptors (Lipinski definition) is 4. The van der Waals surface area contributed by atoms with Gasteiger partial charge in [0.15, 0.2) is 0 Å². The van der Waals surface area contributed by atoms with Gasteiger partial charge in [0.1, 0.15) is 0 Å². The fourth-order valence-corrected chi connectivity index (χ4v) is 3.14. The lowest BCUT2D eigenvalue weighted by Gasteiger charge is -2.25. The fraction of sp³-hybridized carbons (Fsp3) is 1.00. The highest BCUT2D eigenvalue weighted by atomic mass is 16.5. The van der Waals surface area contributed by atoms with Crippen molar-refractivity contribution in [3.8, 4) is 0 Å². The lowest BCUT2D eigenvalue weighted by atomic mass is 10.1. The lowest BCUT2D eigenvalue weighted by molar-refractivity contribution is 0.0135. The molecule has 1 saturated carbocycles. The second-order valence-electron chi connectivity index (χ2n) is 6.52. The van der Waals surface area contributed by atoms with Gasteiger partial charge in [-0.2, -0.15) is 0 Å². The van der Waals surface area contributed by atoms with Crippen LogP contribution < -0.4 is 5.32 Å². The van der Waals surface area contributed by atoms with Crippen molar-refractivity contribution in [1.29, 1.82) is 0 Å². The Morgan fingerprint density at radius 1 is 1.39 bits per heavy atom. The minimum Gasteiger partial charge on any atom is -0.378 e. The summed E-state index contributed by atoms with van der Waals surface area (Å²) in [7, 11) is 0. The highest BCUT2D eigenvalue weighted by Crippen LogP contribution is 2.47. The van der Waals surface area contributed by atoms with E-state index in [9.17, 15) is 0 Å². The summed E-state index contributed by atoms with van der Waals surface area (Å²) in [6.07, 6.45) is 3.44. The lowest BCUT2D eigenvalue weighted by Crippen LogP contribution is -2.47. The van der Waals surface area contributed by atoms with E-state index in [0.29, 0.717) is 23.7 Å². The molecule has 0 aromatic heterocycles. The van der Waals surface area contributed by atoms with Crippen LogP contribution >= 0.6 is 0 Å². The van der Waals surface area contributed by atoms with Crippen molar-refractivity contribution in [3.63, 3.8) is 0 Å². The largest absolute Gasteiger partial charge is 0.378 e. The van der Waals surface area contributed by atoms with Gasteiger partial charge in [0, 0.05) is 37.6 Å². The topological polar surface area (TPSA) is 33.7 Å². The summed E-state index contributed by atoms with van der Waals surface area (Å²) in [6.45, 7) is 10.5. The van der Waals surface area contributed by atoms with E-state index < -0.39 is 0 Å². The Morgan fingerprint density at radius 3 is 2.89 bits per heavy atom. The van der Waals surface area contributed by atoms with E-state index in [-0.39, 0.29) is 0 Å². The first-order valence-electron chi connectivity index (χ1n) is 7.36. The Kier molecular flexibility index (Phi) is 3.63. The normalized spacial score (nSPS) is 34.8. The van der Waals surface area contributed by atoms with E-state index in [0.717, 1.165) is 32.8 Å². The molecule has 4 heteroatoms. The van der Waals surface area contributed by atoms with Gasteiger partial charge in [0.25, 0.3) is 0 Å². The summed E-state index contributed by atoms with van der Waals surface area (Å²) in [5.41, 5.74) is 0.456. The SMILES string of the molecule is CC(C)OCC1(CN2CC3NCCOC3C2)CC1. The maximum absolute atomic E-state index is 5.83. The number of hydrogen-bond donors (Lipinski definition) is 1. The molecule has 3 fully saturated rings. The number of ether oxygens (including phenoxy) is 2. The molecule has 1 aliphatic carbocycles. The number of rotatable bonds is 5. The van der Waals surface area contributed by atoms with Crippen molar-refractivity contribution >= 4 is 0 Å². The molecule has 2 saturated heterocycles. The zero-order chi connectivity index (χ0) is 12.6. The summed E-state index contributed by atoms with van der Waals surface area (Å²) in [5.74, 6) is 0. The number of nitrogens with one attached hydrogen (secondary N) is 1. The van der Waals surface area contributed by atoms with Gasteiger partial charge in [-0.05, 0) is 26.7 Å². The van der Waals surface area contributed by atoms with Gasteiger partial charge in [-0.15, -0.1) is 0 Å². The smallest absolute Gasteiger partial charge is 0.0867 e. The molecule has 1 N–H and O–H groups in total. The second kappa shape index (κ2) is 5.08. The molecule has 3 rings (SSSR count). The van der Waals surface area contributed by atoms with Crippen molar-refractivity contribution in [1.82, 2.24) is 10.2 Å². The molecule has 0 bridgehead atoms. The Morgan fingerprint density at radius 2 is 2.22 bits per heavy atom. The molecule has 0 spiro atoms. The molecule has 2 heterocycles. The molecule has 2 aliphatic heterocycles. The van der Waals surface area contributed by atoms with Crippen molar-refractivity contribution in [2.75, 3.05) is 39.4 Å². The Labute approximate surface area is 110 Å². The van der Waals surface area contributed by atoms with Crippen LogP contribution in [0.25, 0.3) is 0 Å². The molecule has 0 aromatic rings. The molecule has 18 heavy (non-hydrogen) atoms. The fourth-order valence-electron chi connectivity index (χ4n) is 3.14. The average molecular weight is 254 g/mol. The third kappa shape index (κ3) is 2.87. The standard InChI is InChI=1S/C14H26N2O2/c1-11(2)18-10-14(3-4-14)9-16-7-12-13(8-16)17-6-5-15-12/h11-13,15H,3-10H2,1-2H3. The molecule has 3 aliphatic rings. The van der Waals surface area contributed by atoms with Crippen molar-refractivity contribution in [2.45, 2.75) is 44.9 Å². The minimum absolute atomic E-state index is 0.355. The molecule has 2 atom stereocenters. The van der Waals surface area contributed by atoms with Crippen LogP contribution in [-0.2, 0) is 9.47 Å². The zero-order valence-corrected chi connectivity index (χ0v) is 11.7. The second-order valence-corrected chi connectivity index (χ2v) is 6.52. The van der Waals surface area contributed by atoms with Crippen LogP contribution in [0.5, 0.6) is 0 Å². The first-order chi connectivity index (χ1) is 8.67. The molecule has 4 nitrogen and oxygen atoms in total. The van der Waals surface area contributed by atoms with Gasteiger partial charge in [0.2, 0.25) is 0 Å². The zero-order valence-electron chi connectivity index (χ0n) is 11.7. The Bertz CT molecular complexity index is 278. The molecule has 0 amide bonds. The number of fused-ring (bicyclic) bond motifs is 1. The molecule has 2 unspecified atom stereocenters. The number of likely N-dealkylation sites (tertiary alicyclic amines) is 1. The van der Waals surface area contributed by atoms with Gasteiger partial charge in [-0.25, -0.2) is 0 Å².